The van der Waals surface area contributed by atoms with Crippen LogP contribution in [0, 0.1) is 0 Å². The van der Waals surface area contributed by atoms with Crippen molar-refractivity contribution in [3.63, 3.8) is 0 Å². The lowest BCUT2D eigenvalue weighted by Crippen LogP contribution is -2.18. The van der Waals surface area contributed by atoms with Crippen molar-refractivity contribution in [2.24, 2.45) is 0 Å². The Morgan fingerprint density at radius 3 is 3.10 bits per heavy atom. The molecule has 0 radical (unpaired) electrons. The molecule has 1 unspecified atom stereocenters. The summed E-state index contributed by atoms with van der Waals surface area (Å²) in [5, 5.41) is 4.03. The van der Waals surface area contributed by atoms with Crippen LogP contribution in [0.4, 0.5) is 0 Å². The van der Waals surface area contributed by atoms with Crippen molar-refractivity contribution in [2.75, 3.05) is 0 Å². The molecule has 100 valence electrons. The number of hydrogen-bond acceptors (Lipinski definition) is 5. The summed E-state index contributed by atoms with van der Waals surface area (Å²) < 4.78 is 7.59. The Kier molecular flexibility index (Phi) is 2.58. The number of hydrogen-bond donors (Lipinski definition) is 0. The first-order valence-electron chi connectivity index (χ1n) is 6.65. The van der Waals surface area contributed by atoms with E-state index in [-0.39, 0.29) is 5.92 Å². The highest BCUT2D eigenvalue weighted by molar-refractivity contribution is 5.47. The summed E-state index contributed by atoms with van der Waals surface area (Å²) >= 11 is 0. The fourth-order valence-electron chi connectivity index (χ4n) is 2.56. The third kappa shape index (κ3) is 1.89. The first-order valence-corrected chi connectivity index (χ1v) is 6.65. The van der Waals surface area contributed by atoms with Crippen molar-refractivity contribution in [3.8, 4) is 11.5 Å². The zero-order chi connectivity index (χ0) is 13.4. The standard InChI is InChI=1S/C14H13N5O/c1-2-5-15-11(3-1)13-17-14(20-18-13)10-4-7-19-8-6-16-12(19)9-10/h1-3,5-6,8,10H,4,7,9H2. The highest BCUT2D eigenvalue weighted by atomic mass is 16.5. The summed E-state index contributed by atoms with van der Waals surface area (Å²) in [5.74, 6) is 2.56. The lowest BCUT2D eigenvalue weighted by atomic mass is 9.98. The second-order valence-corrected chi connectivity index (χ2v) is 4.90. The number of imidazole rings is 1. The van der Waals surface area contributed by atoms with Gasteiger partial charge in [-0.15, -0.1) is 0 Å². The molecule has 4 heterocycles. The van der Waals surface area contributed by atoms with E-state index in [1.807, 2.05) is 30.6 Å². The van der Waals surface area contributed by atoms with Gasteiger partial charge in [0.2, 0.25) is 11.7 Å². The van der Waals surface area contributed by atoms with Crippen LogP contribution in [0.3, 0.4) is 0 Å². The van der Waals surface area contributed by atoms with Gasteiger partial charge in [-0.25, -0.2) is 4.98 Å². The molecule has 0 aromatic carbocycles. The molecule has 6 nitrogen and oxygen atoms in total. The van der Waals surface area contributed by atoms with E-state index in [9.17, 15) is 0 Å². The van der Waals surface area contributed by atoms with Crippen LogP contribution in [0.15, 0.2) is 41.3 Å². The summed E-state index contributed by atoms with van der Waals surface area (Å²) in [6.45, 7) is 0.946. The normalized spacial score (nSPS) is 17.9. The second kappa shape index (κ2) is 4.56. The molecule has 0 N–H and O–H groups in total. The second-order valence-electron chi connectivity index (χ2n) is 4.90. The van der Waals surface area contributed by atoms with Gasteiger partial charge in [0.15, 0.2) is 0 Å². The van der Waals surface area contributed by atoms with E-state index in [2.05, 4.69) is 24.7 Å². The zero-order valence-corrected chi connectivity index (χ0v) is 10.8. The minimum absolute atomic E-state index is 0.245. The smallest absolute Gasteiger partial charge is 0.230 e. The molecule has 3 aromatic heterocycles. The number of aryl methyl sites for hydroxylation is 1. The average molecular weight is 267 g/mol. The Morgan fingerprint density at radius 2 is 2.20 bits per heavy atom. The Labute approximate surface area is 115 Å². The van der Waals surface area contributed by atoms with Crippen LogP contribution in [-0.4, -0.2) is 24.7 Å². The van der Waals surface area contributed by atoms with Gasteiger partial charge in [0.05, 0.1) is 0 Å². The van der Waals surface area contributed by atoms with E-state index in [1.165, 1.54) is 0 Å². The molecule has 3 aromatic rings. The maximum absolute atomic E-state index is 5.41. The van der Waals surface area contributed by atoms with Gasteiger partial charge in [0.1, 0.15) is 11.5 Å². The van der Waals surface area contributed by atoms with Crippen molar-refractivity contribution >= 4 is 0 Å². The van der Waals surface area contributed by atoms with E-state index in [1.54, 1.807) is 6.20 Å². The fourth-order valence-corrected chi connectivity index (χ4v) is 2.56. The van der Waals surface area contributed by atoms with Gasteiger partial charge in [0, 0.05) is 37.5 Å². The molecule has 0 bridgehead atoms. The SMILES string of the molecule is c1ccc(-c2noc(C3CCn4ccnc4C3)n2)nc1. The Bertz CT molecular complexity index is 718. The van der Waals surface area contributed by atoms with E-state index in [0.29, 0.717) is 11.7 Å². The number of rotatable bonds is 2. The van der Waals surface area contributed by atoms with Crippen LogP contribution in [0.2, 0.25) is 0 Å². The van der Waals surface area contributed by atoms with Crippen LogP contribution in [0.1, 0.15) is 24.1 Å². The van der Waals surface area contributed by atoms with Gasteiger partial charge in [-0.1, -0.05) is 11.2 Å². The summed E-state index contributed by atoms with van der Waals surface area (Å²) in [6.07, 6.45) is 7.41. The molecule has 0 saturated heterocycles. The van der Waals surface area contributed by atoms with Gasteiger partial charge < -0.3 is 9.09 Å². The van der Waals surface area contributed by atoms with Crippen molar-refractivity contribution in [1.29, 1.82) is 0 Å². The van der Waals surface area contributed by atoms with Crippen molar-refractivity contribution in [2.45, 2.75) is 25.3 Å². The van der Waals surface area contributed by atoms with E-state index < -0.39 is 0 Å². The fraction of sp³-hybridized carbons (Fsp3) is 0.286. The summed E-state index contributed by atoms with van der Waals surface area (Å²) in [4.78, 5) is 13.1. The molecule has 0 aliphatic carbocycles. The lowest BCUT2D eigenvalue weighted by Gasteiger charge is -2.19. The molecular formula is C14H13N5O. The number of pyridine rings is 1. The average Bonchev–Trinajstić information content (AvgIpc) is 3.16. The van der Waals surface area contributed by atoms with E-state index in [0.717, 1.165) is 30.9 Å². The minimum Gasteiger partial charge on any atom is -0.339 e. The highest BCUT2D eigenvalue weighted by Gasteiger charge is 2.25. The monoisotopic (exact) mass is 267 g/mol. The maximum Gasteiger partial charge on any atom is 0.230 e. The van der Waals surface area contributed by atoms with E-state index in [4.69, 9.17) is 4.52 Å². The van der Waals surface area contributed by atoms with Gasteiger partial charge in [0.25, 0.3) is 0 Å². The predicted octanol–water partition coefficient (Wildman–Crippen LogP) is 2.06. The van der Waals surface area contributed by atoms with Crippen LogP contribution in [0.25, 0.3) is 11.5 Å². The Hall–Kier alpha value is -2.50. The third-order valence-electron chi connectivity index (χ3n) is 3.63. The summed E-state index contributed by atoms with van der Waals surface area (Å²) in [7, 11) is 0. The molecule has 4 rings (SSSR count). The molecular weight excluding hydrogens is 254 g/mol. The maximum atomic E-state index is 5.41. The van der Waals surface area contributed by atoms with Crippen LogP contribution in [0.5, 0.6) is 0 Å². The molecule has 1 aliphatic rings. The van der Waals surface area contributed by atoms with Gasteiger partial charge in [-0.3, -0.25) is 4.98 Å². The Balaban J connectivity index is 1.60. The first-order chi connectivity index (χ1) is 9.90. The molecule has 1 aliphatic heterocycles. The van der Waals surface area contributed by atoms with Crippen molar-refractivity contribution < 1.29 is 4.52 Å². The van der Waals surface area contributed by atoms with Gasteiger partial charge >= 0.3 is 0 Å². The third-order valence-corrected chi connectivity index (χ3v) is 3.63. The highest BCUT2D eigenvalue weighted by Crippen LogP contribution is 2.28. The molecule has 20 heavy (non-hydrogen) atoms. The number of aromatic nitrogens is 5. The van der Waals surface area contributed by atoms with Gasteiger partial charge in [-0.2, -0.15) is 4.98 Å². The topological polar surface area (TPSA) is 69.6 Å². The Morgan fingerprint density at radius 1 is 1.20 bits per heavy atom. The van der Waals surface area contributed by atoms with Gasteiger partial charge in [-0.05, 0) is 18.6 Å². The summed E-state index contributed by atoms with van der Waals surface area (Å²) in [5.41, 5.74) is 0.736. The van der Waals surface area contributed by atoms with Crippen LogP contribution < -0.4 is 0 Å². The summed E-state index contributed by atoms with van der Waals surface area (Å²) in [6, 6.07) is 5.66. The molecule has 0 spiro atoms. The minimum atomic E-state index is 0.245. The largest absolute Gasteiger partial charge is 0.339 e. The number of nitrogens with zero attached hydrogens (tertiary/aromatic N) is 5. The zero-order valence-electron chi connectivity index (χ0n) is 10.8. The first kappa shape index (κ1) is 11.3. The van der Waals surface area contributed by atoms with Crippen LogP contribution >= 0.6 is 0 Å². The van der Waals surface area contributed by atoms with Crippen molar-refractivity contribution in [3.05, 3.63) is 48.5 Å². The molecule has 6 heteroatoms. The van der Waals surface area contributed by atoms with Crippen LogP contribution in [-0.2, 0) is 13.0 Å². The lowest BCUT2D eigenvalue weighted by molar-refractivity contribution is 0.323. The number of fused-ring (bicyclic) bond motifs is 1. The molecule has 0 fully saturated rings. The quantitative estimate of drug-likeness (QED) is 0.710. The van der Waals surface area contributed by atoms with E-state index >= 15 is 0 Å². The molecule has 1 atom stereocenters. The molecule has 0 amide bonds. The predicted molar refractivity (Wildman–Crippen MR) is 70.8 cm³/mol. The molecule has 0 saturated carbocycles. The van der Waals surface area contributed by atoms with Crippen molar-refractivity contribution in [1.82, 2.24) is 24.7 Å².